The highest BCUT2D eigenvalue weighted by atomic mass is 16.5. The third-order valence-corrected chi connectivity index (χ3v) is 3.35. The summed E-state index contributed by atoms with van der Waals surface area (Å²) in [6.45, 7) is 8.05. The number of aryl methyl sites for hydroxylation is 2. The lowest BCUT2D eigenvalue weighted by molar-refractivity contribution is 0.0695. The number of aromatic carboxylic acids is 1. The minimum atomic E-state index is -0.991. The van der Waals surface area contributed by atoms with Gasteiger partial charge < -0.3 is 9.63 Å². The number of rotatable bonds is 4. The second-order valence-electron chi connectivity index (χ2n) is 5.53. The number of benzene rings is 1. The quantitative estimate of drug-likeness (QED) is 0.918. The highest BCUT2D eigenvalue weighted by Crippen LogP contribution is 2.28. The summed E-state index contributed by atoms with van der Waals surface area (Å²) in [6.07, 6.45) is 0.569. The maximum Gasteiger partial charge on any atom is 0.341 e. The fraction of sp³-hybridized carbons (Fsp3) is 0.375. The number of hydrogen-bond donors (Lipinski definition) is 1. The van der Waals surface area contributed by atoms with Gasteiger partial charge in [0.2, 0.25) is 0 Å². The fourth-order valence-electron chi connectivity index (χ4n) is 2.14. The predicted molar refractivity (Wildman–Crippen MR) is 76.9 cm³/mol. The maximum absolute atomic E-state index is 11.5. The summed E-state index contributed by atoms with van der Waals surface area (Å²) in [6, 6.07) is 5.79. The molecule has 0 fully saturated rings. The van der Waals surface area contributed by atoms with Crippen molar-refractivity contribution in [1.82, 2.24) is 5.16 Å². The first-order valence-electron chi connectivity index (χ1n) is 6.69. The molecule has 0 spiro atoms. The summed E-state index contributed by atoms with van der Waals surface area (Å²) in [5.74, 6) is -0.232. The van der Waals surface area contributed by atoms with Crippen LogP contribution in [-0.4, -0.2) is 16.2 Å². The van der Waals surface area contributed by atoms with E-state index in [9.17, 15) is 9.90 Å². The van der Waals surface area contributed by atoms with Crippen LogP contribution in [0.15, 0.2) is 22.7 Å². The van der Waals surface area contributed by atoms with E-state index < -0.39 is 5.97 Å². The van der Waals surface area contributed by atoms with E-state index in [0.29, 0.717) is 23.8 Å². The monoisotopic (exact) mass is 273 g/mol. The smallest absolute Gasteiger partial charge is 0.341 e. The van der Waals surface area contributed by atoms with Gasteiger partial charge in [-0.25, -0.2) is 4.79 Å². The molecule has 1 aromatic carbocycles. The second-order valence-corrected chi connectivity index (χ2v) is 5.53. The van der Waals surface area contributed by atoms with E-state index in [0.717, 1.165) is 16.7 Å². The fourth-order valence-corrected chi connectivity index (χ4v) is 2.14. The zero-order chi connectivity index (χ0) is 14.9. The third kappa shape index (κ3) is 2.74. The Morgan fingerprint density at radius 3 is 2.55 bits per heavy atom. The Balaban J connectivity index is 2.53. The van der Waals surface area contributed by atoms with Gasteiger partial charge in [-0.05, 0) is 37.0 Å². The molecule has 1 heterocycles. The molecule has 1 aromatic heterocycles. The largest absolute Gasteiger partial charge is 0.477 e. The Morgan fingerprint density at radius 1 is 1.30 bits per heavy atom. The molecular formula is C16H19NO3. The van der Waals surface area contributed by atoms with Crippen LogP contribution in [0.4, 0.5) is 0 Å². The summed E-state index contributed by atoms with van der Waals surface area (Å²) in [7, 11) is 0. The van der Waals surface area contributed by atoms with Gasteiger partial charge in [0.25, 0.3) is 0 Å². The molecule has 1 N–H and O–H groups in total. The number of nitrogens with zero attached hydrogens (tertiary/aromatic N) is 1. The van der Waals surface area contributed by atoms with Crippen molar-refractivity contribution in [3.8, 4) is 11.3 Å². The second kappa shape index (κ2) is 5.49. The predicted octanol–water partition coefficient (Wildman–Crippen LogP) is 3.86. The Morgan fingerprint density at radius 2 is 2.00 bits per heavy atom. The van der Waals surface area contributed by atoms with Gasteiger partial charge in [-0.15, -0.1) is 0 Å². The van der Waals surface area contributed by atoms with Crippen LogP contribution in [-0.2, 0) is 6.42 Å². The standard InChI is InChI=1S/C16H19NO3/c1-9(2)7-13-14(16(18)19)15(17-20-13)12-6-5-10(3)11(4)8-12/h5-6,8-9H,7H2,1-4H3,(H,18,19). The highest BCUT2D eigenvalue weighted by molar-refractivity contribution is 5.95. The van der Waals surface area contributed by atoms with Crippen LogP contribution >= 0.6 is 0 Å². The van der Waals surface area contributed by atoms with Gasteiger partial charge in [0, 0.05) is 12.0 Å². The first-order chi connectivity index (χ1) is 9.40. The lowest BCUT2D eigenvalue weighted by Crippen LogP contribution is -2.04. The van der Waals surface area contributed by atoms with Gasteiger partial charge in [-0.3, -0.25) is 0 Å². The van der Waals surface area contributed by atoms with Crippen molar-refractivity contribution in [3.05, 3.63) is 40.6 Å². The van der Waals surface area contributed by atoms with E-state index in [1.807, 2.05) is 45.9 Å². The van der Waals surface area contributed by atoms with Crippen LogP contribution in [0.25, 0.3) is 11.3 Å². The average molecular weight is 273 g/mol. The van der Waals surface area contributed by atoms with Crippen molar-refractivity contribution in [2.24, 2.45) is 5.92 Å². The number of carboxylic acids is 1. The first-order valence-corrected chi connectivity index (χ1v) is 6.69. The van der Waals surface area contributed by atoms with E-state index in [2.05, 4.69) is 5.16 Å². The molecule has 106 valence electrons. The first kappa shape index (κ1) is 14.3. The zero-order valence-corrected chi connectivity index (χ0v) is 12.2. The van der Waals surface area contributed by atoms with Crippen molar-refractivity contribution in [2.75, 3.05) is 0 Å². The SMILES string of the molecule is Cc1ccc(-c2noc(CC(C)C)c2C(=O)O)cc1C. The minimum Gasteiger partial charge on any atom is -0.477 e. The Labute approximate surface area is 118 Å². The van der Waals surface area contributed by atoms with Crippen molar-refractivity contribution >= 4 is 5.97 Å². The van der Waals surface area contributed by atoms with Gasteiger partial charge >= 0.3 is 5.97 Å². The van der Waals surface area contributed by atoms with Gasteiger partial charge in [0.05, 0.1) is 0 Å². The molecule has 4 nitrogen and oxygen atoms in total. The van der Waals surface area contributed by atoms with E-state index in [1.54, 1.807) is 0 Å². The topological polar surface area (TPSA) is 63.3 Å². The molecule has 20 heavy (non-hydrogen) atoms. The molecule has 0 amide bonds. The van der Waals surface area contributed by atoms with Gasteiger partial charge in [0.1, 0.15) is 11.3 Å². The van der Waals surface area contributed by atoms with Crippen LogP contribution in [0.1, 0.15) is 41.1 Å². The van der Waals surface area contributed by atoms with Crippen LogP contribution in [0.3, 0.4) is 0 Å². The normalized spacial score (nSPS) is 11.1. The number of carboxylic acid groups (broad SMARTS) is 1. The molecule has 4 heteroatoms. The lowest BCUT2D eigenvalue weighted by Gasteiger charge is -2.04. The zero-order valence-electron chi connectivity index (χ0n) is 12.2. The van der Waals surface area contributed by atoms with Crippen molar-refractivity contribution < 1.29 is 14.4 Å². The highest BCUT2D eigenvalue weighted by Gasteiger charge is 2.24. The molecule has 2 aromatic rings. The summed E-state index contributed by atoms with van der Waals surface area (Å²) in [5, 5.41) is 13.4. The third-order valence-electron chi connectivity index (χ3n) is 3.35. The number of aromatic nitrogens is 1. The van der Waals surface area contributed by atoms with Crippen LogP contribution < -0.4 is 0 Å². The summed E-state index contributed by atoms with van der Waals surface area (Å²) in [5.41, 5.74) is 3.64. The number of carbonyl (C=O) groups is 1. The molecular weight excluding hydrogens is 254 g/mol. The molecule has 0 unspecified atom stereocenters. The summed E-state index contributed by atoms with van der Waals surface area (Å²) >= 11 is 0. The van der Waals surface area contributed by atoms with Crippen molar-refractivity contribution in [1.29, 1.82) is 0 Å². The van der Waals surface area contributed by atoms with E-state index in [4.69, 9.17) is 4.52 Å². The minimum absolute atomic E-state index is 0.182. The Bertz CT molecular complexity index is 641. The van der Waals surface area contributed by atoms with Gasteiger partial charge in [-0.2, -0.15) is 0 Å². The molecule has 0 bridgehead atoms. The van der Waals surface area contributed by atoms with Gasteiger partial charge in [-0.1, -0.05) is 31.1 Å². The molecule has 0 saturated carbocycles. The molecule has 0 radical (unpaired) electrons. The van der Waals surface area contributed by atoms with Crippen LogP contribution in [0.2, 0.25) is 0 Å². The number of hydrogen-bond acceptors (Lipinski definition) is 3. The molecule has 0 aliphatic carbocycles. The summed E-state index contributed by atoms with van der Waals surface area (Å²) < 4.78 is 5.26. The molecule has 0 atom stereocenters. The Hall–Kier alpha value is -2.10. The maximum atomic E-state index is 11.5. The van der Waals surface area contributed by atoms with Crippen molar-refractivity contribution in [3.63, 3.8) is 0 Å². The lowest BCUT2D eigenvalue weighted by atomic mass is 9.99. The molecule has 0 aliphatic rings. The van der Waals surface area contributed by atoms with Crippen molar-refractivity contribution in [2.45, 2.75) is 34.1 Å². The Kier molecular flexibility index (Phi) is 3.93. The van der Waals surface area contributed by atoms with E-state index in [1.165, 1.54) is 0 Å². The van der Waals surface area contributed by atoms with Crippen LogP contribution in [0, 0.1) is 19.8 Å². The molecule has 0 aliphatic heterocycles. The van der Waals surface area contributed by atoms with E-state index in [-0.39, 0.29) is 5.56 Å². The van der Waals surface area contributed by atoms with Crippen LogP contribution in [0.5, 0.6) is 0 Å². The summed E-state index contributed by atoms with van der Waals surface area (Å²) in [4.78, 5) is 11.5. The molecule has 0 saturated heterocycles. The van der Waals surface area contributed by atoms with E-state index >= 15 is 0 Å². The molecule has 2 rings (SSSR count). The average Bonchev–Trinajstić information content (AvgIpc) is 2.75. The van der Waals surface area contributed by atoms with Gasteiger partial charge in [0.15, 0.2) is 5.76 Å².